The zero-order valence-corrected chi connectivity index (χ0v) is 8.91. The average Bonchev–Trinajstić information content (AvgIpc) is 2.96. The van der Waals surface area contributed by atoms with Gasteiger partial charge in [0.05, 0.1) is 14.2 Å². The molecule has 4 nitrogen and oxygen atoms in total. The molecule has 0 amide bonds. The highest BCUT2D eigenvalue weighted by Crippen LogP contribution is 2.49. The van der Waals surface area contributed by atoms with E-state index in [2.05, 4.69) is 0 Å². The van der Waals surface area contributed by atoms with E-state index in [0.29, 0.717) is 11.5 Å². The second kappa shape index (κ2) is 3.31. The fraction of sp³-hybridized carbons (Fsp3) is 0.455. The van der Waals surface area contributed by atoms with Crippen molar-refractivity contribution < 1.29 is 14.6 Å². The number of benzene rings is 1. The lowest BCUT2D eigenvalue weighted by Crippen LogP contribution is -2.18. The van der Waals surface area contributed by atoms with Crippen LogP contribution in [0.15, 0.2) is 12.1 Å². The minimum Gasteiger partial charge on any atom is -0.507 e. The van der Waals surface area contributed by atoms with E-state index in [-0.39, 0.29) is 11.3 Å². The Balaban J connectivity index is 2.48. The van der Waals surface area contributed by atoms with Crippen LogP contribution in [0.3, 0.4) is 0 Å². The van der Waals surface area contributed by atoms with E-state index in [1.807, 2.05) is 0 Å². The van der Waals surface area contributed by atoms with Gasteiger partial charge in [-0.05, 0) is 18.9 Å². The summed E-state index contributed by atoms with van der Waals surface area (Å²) in [5.41, 5.74) is 6.39. The van der Waals surface area contributed by atoms with Gasteiger partial charge in [0.1, 0.15) is 5.75 Å². The summed E-state index contributed by atoms with van der Waals surface area (Å²) in [5.74, 6) is 1.29. The molecule has 3 N–H and O–H groups in total. The molecule has 1 aromatic carbocycles. The Hall–Kier alpha value is -1.42. The number of rotatable bonds is 3. The number of methoxy groups -OCH3 is 2. The first-order chi connectivity index (χ1) is 7.10. The molecule has 82 valence electrons. The quantitative estimate of drug-likeness (QED) is 0.788. The van der Waals surface area contributed by atoms with E-state index in [0.717, 1.165) is 18.4 Å². The predicted molar refractivity (Wildman–Crippen MR) is 56.3 cm³/mol. The van der Waals surface area contributed by atoms with Crippen LogP contribution in [0.25, 0.3) is 0 Å². The Kier molecular flexibility index (Phi) is 2.23. The Bertz CT molecular complexity index is 386. The van der Waals surface area contributed by atoms with Gasteiger partial charge in [-0.2, -0.15) is 0 Å². The first-order valence-electron chi connectivity index (χ1n) is 4.85. The minimum absolute atomic E-state index is 0.174. The van der Waals surface area contributed by atoms with Crippen molar-refractivity contribution in [1.29, 1.82) is 0 Å². The van der Waals surface area contributed by atoms with Crippen molar-refractivity contribution in [2.75, 3.05) is 14.2 Å². The molecule has 0 aliphatic heterocycles. The van der Waals surface area contributed by atoms with Crippen molar-refractivity contribution in [2.24, 2.45) is 5.73 Å². The molecule has 0 saturated heterocycles. The summed E-state index contributed by atoms with van der Waals surface area (Å²) in [7, 11) is 3.10. The van der Waals surface area contributed by atoms with Crippen LogP contribution in [0.5, 0.6) is 17.2 Å². The second-order valence-corrected chi connectivity index (χ2v) is 3.88. The van der Waals surface area contributed by atoms with Crippen molar-refractivity contribution in [3.05, 3.63) is 17.7 Å². The van der Waals surface area contributed by atoms with Crippen LogP contribution in [0.1, 0.15) is 18.4 Å². The first-order valence-corrected chi connectivity index (χ1v) is 4.85. The Morgan fingerprint density at radius 1 is 1.20 bits per heavy atom. The van der Waals surface area contributed by atoms with Gasteiger partial charge in [-0.1, -0.05) is 0 Å². The van der Waals surface area contributed by atoms with Crippen molar-refractivity contribution in [1.82, 2.24) is 0 Å². The lowest BCUT2D eigenvalue weighted by atomic mass is 10.0. The normalized spacial score (nSPS) is 17.3. The van der Waals surface area contributed by atoms with Crippen molar-refractivity contribution >= 4 is 0 Å². The molecular formula is C11H15NO3. The molecule has 0 aromatic heterocycles. The summed E-state index contributed by atoms with van der Waals surface area (Å²) >= 11 is 0. The monoisotopic (exact) mass is 209 g/mol. The molecule has 1 saturated carbocycles. The lowest BCUT2D eigenvalue weighted by molar-refractivity contribution is 0.349. The summed E-state index contributed by atoms with van der Waals surface area (Å²) in [6, 6.07) is 3.29. The predicted octanol–water partition coefficient (Wildman–Crippen LogP) is 1.36. The smallest absolute Gasteiger partial charge is 0.164 e. The van der Waals surface area contributed by atoms with Gasteiger partial charge in [0.25, 0.3) is 0 Å². The van der Waals surface area contributed by atoms with Crippen molar-refractivity contribution in [2.45, 2.75) is 18.4 Å². The average molecular weight is 209 g/mol. The number of hydrogen-bond acceptors (Lipinski definition) is 4. The fourth-order valence-corrected chi connectivity index (χ4v) is 1.67. The number of phenolic OH excluding ortho intramolecular Hbond substituents is 1. The van der Waals surface area contributed by atoms with E-state index in [9.17, 15) is 5.11 Å². The highest BCUT2D eigenvalue weighted by molar-refractivity contribution is 5.53. The van der Waals surface area contributed by atoms with E-state index < -0.39 is 0 Å². The van der Waals surface area contributed by atoms with E-state index >= 15 is 0 Å². The van der Waals surface area contributed by atoms with Crippen LogP contribution in [-0.2, 0) is 5.54 Å². The fourth-order valence-electron chi connectivity index (χ4n) is 1.67. The van der Waals surface area contributed by atoms with Crippen LogP contribution in [0, 0.1) is 0 Å². The summed E-state index contributed by atoms with van der Waals surface area (Å²) in [5, 5.41) is 9.80. The summed E-state index contributed by atoms with van der Waals surface area (Å²) < 4.78 is 10.2. The van der Waals surface area contributed by atoms with Gasteiger partial charge < -0.3 is 20.3 Å². The number of phenols is 1. The molecule has 1 fully saturated rings. The SMILES string of the molecule is COc1cc(O)c(C2(N)CC2)cc1OC. The number of hydrogen-bond donors (Lipinski definition) is 2. The van der Waals surface area contributed by atoms with E-state index in [1.165, 1.54) is 7.11 Å². The Morgan fingerprint density at radius 3 is 2.20 bits per heavy atom. The molecule has 1 aliphatic rings. The summed E-state index contributed by atoms with van der Waals surface area (Å²) in [4.78, 5) is 0. The molecule has 1 aliphatic carbocycles. The number of ether oxygens (including phenoxy) is 2. The van der Waals surface area contributed by atoms with Crippen molar-refractivity contribution in [3.63, 3.8) is 0 Å². The maximum Gasteiger partial charge on any atom is 0.164 e. The Labute approximate surface area is 88.6 Å². The first kappa shape index (κ1) is 10.1. The van der Waals surface area contributed by atoms with Gasteiger partial charge in [0.15, 0.2) is 11.5 Å². The second-order valence-electron chi connectivity index (χ2n) is 3.88. The molecule has 0 unspecified atom stereocenters. The zero-order chi connectivity index (χ0) is 11.1. The van der Waals surface area contributed by atoms with Gasteiger partial charge >= 0.3 is 0 Å². The van der Waals surface area contributed by atoms with Crippen LogP contribution in [0.4, 0.5) is 0 Å². The molecule has 0 spiro atoms. The molecule has 0 heterocycles. The topological polar surface area (TPSA) is 64.7 Å². The van der Waals surface area contributed by atoms with Crippen molar-refractivity contribution in [3.8, 4) is 17.2 Å². The van der Waals surface area contributed by atoms with Crippen LogP contribution < -0.4 is 15.2 Å². The molecule has 1 aromatic rings. The maximum absolute atomic E-state index is 9.80. The van der Waals surface area contributed by atoms with E-state index in [1.54, 1.807) is 19.2 Å². The molecule has 0 bridgehead atoms. The number of aromatic hydroxyl groups is 1. The van der Waals surface area contributed by atoms with Crippen LogP contribution in [0.2, 0.25) is 0 Å². The molecule has 0 radical (unpaired) electrons. The van der Waals surface area contributed by atoms with Gasteiger partial charge in [-0.3, -0.25) is 0 Å². The van der Waals surface area contributed by atoms with Gasteiger partial charge in [-0.15, -0.1) is 0 Å². The minimum atomic E-state index is -0.371. The van der Waals surface area contributed by atoms with Gasteiger partial charge in [0, 0.05) is 17.2 Å². The highest BCUT2D eigenvalue weighted by Gasteiger charge is 2.42. The van der Waals surface area contributed by atoms with Crippen LogP contribution in [-0.4, -0.2) is 19.3 Å². The molecule has 4 heteroatoms. The molecule has 15 heavy (non-hydrogen) atoms. The Morgan fingerprint density at radius 2 is 1.73 bits per heavy atom. The summed E-state index contributed by atoms with van der Waals surface area (Å²) in [6.45, 7) is 0. The zero-order valence-electron chi connectivity index (χ0n) is 8.91. The number of nitrogens with two attached hydrogens (primary N) is 1. The maximum atomic E-state index is 9.80. The largest absolute Gasteiger partial charge is 0.507 e. The highest BCUT2D eigenvalue weighted by atomic mass is 16.5. The van der Waals surface area contributed by atoms with Crippen LogP contribution >= 0.6 is 0 Å². The van der Waals surface area contributed by atoms with E-state index in [4.69, 9.17) is 15.2 Å². The molecular weight excluding hydrogens is 194 g/mol. The third kappa shape index (κ3) is 1.61. The summed E-state index contributed by atoms with van der Waals surface area (Å²) in [6.07, 6.45) is 1.80. The van der Waals surface area contributed by atoms with Gasteiger partial charge in [0.2, 0.25) is 0 Å². The third-order valence-electron chi connectivity index (χ3n) is 2.83. The lowest BCUT2D eigenvalue weighted by Gasteiger charge is -2.15. The molecule has 0 atom stereocenters. The van der Waals surface area contributed by atoms with Gasteiger partial charge in [-0.25, -0.2) is 0 Å². The third-order valence-corrected chi connectivity index (χ3v) is 2.83. The molecule has 2 rings (SSSR count). The standard InChI is InChI=1S/C11H15NO3/c1-14-9-5-7(11(12)3-4-11)8(13)6-10(9)15-2/h5-6,13H,3-4,12H2,1-2H3.